The summed E-state index contributed by atoms with van der Waals surface area (Å²) in [6.45, 7) is 10.6. The minimum atomic E-state index is -0.498. The third kappa shape index (κ3) is 4.21. The van der Waals surface area contributed by atoms with Crippen molar-refractivity contribution in [3.05, 3.63) is 155 Å². The second-order valence-electron chi connectivity index (χ2n) is 11.3. The lowest BCUT2D eigenvalue weighted by Gasteiger charge is -2.34. The molecule has 1 nitrogen and oxygen atoms in total. The number of ether oxygens (including phenoxy) is 1. The van der Waals surface area contributed by atoms with Gasteiger partial charge in [-0.1, -0.05) is 130 Å². The van der Waals surface area contributed by atoms with E-state index in [2.05, 4.69) is 112 Å². The highest BCUT2D eigenvalue weighted by Crippen LogP contribution is 2.56. The molecule has 1 unspecified atom stereocenters. The monoisotopic (exact) mass is 502 g/mol. The Morgan fingerprint density at radius 3 is 1.85 bits per heavy atom. The Morgan fingerprint density at radius 2 is 1.23 bits per heavy atom. The van der Waals surface area contributed by atoms with Crippen molar-refractivity contribution in [2.24, 2.45) is 0 Å². The molecule has 1 aliphatic rings. The van der Waals surface area contributed by atoms with E-state index >= 15 is 0 Å². The van der Waals surface area contributed by atoms with Crippen LogP contribution in [0.4, 0.5) is 0 Å². The maximum atomic E-state index is 6.43. The van der Waals surface area contributed by atoms with E-state index in [1.165, 1.54) is 38.9 Å². The van der Waals surface area contributed by atoms with Gasteiger partial charge >= 0.3 is 0 Å². The zero-order chi connectivity index (χ0) is 27.2. The fraction of sp³-hybridized carbons (Fsp3) is 0.135. The lowest BCUT2D eigenvalue weighted by Crippen LogP contribution is -2.29. The normalized spacial score (nSPS) is 15.9. The van der Waals surface area contributed by atoms with E-state index in [1.54, 1.807) is 0 Å². The Bertz CT molecular complexity index is 1660. The Balaban J connectivity index is 1.53. The SMILES string of the molecule is [B]c1ccc2c(c1)C(c1ccc(Oc3ccc(C=C)cc3)cc1)(c1ccc(C(C)(C)C)cc1)c1ccccc1-2. The van der Waals surface area contributed by atoms with Crippen LogP contribution >= 0.6 is 0 Å². The minimum absolute atomic E-state index is 0.0739. The molecule has 0 amide bonds. The van der Waals surface area contributed by atoms with Gasteiger partial charge in [0, 0.05) is 0 Å². The summed E-state index contributed by atoms with van der Waals surface area (Å²) in [5.74, 6) is 1.59. The lowest BCUT2D eigenvalue weighted by atomic mass is 9.66. The van der Waals surface area contributed by atoms with Crippen LogP contribution < -0.4 is 10.2 Å². The first-order valence-electron chi connectivity index (χ1n) is 13.4. The van der Waals surface area contributed by atoms with Crippen LogP contribution in [0.1, 0.15) is 54.2 Å². The van der Waals surface area contributed by atoms with Crippen molar-refractivity contribution in [3.63, 3.8) is 0 Å². The molecular weight excluding hydrogens is 471 g/mol. The van der Waals surface area contributed by atoms with Gasteiger partial charge in [-0.25, -0.2) is 0 Å². The summed E-state index contributed by atoms with van der Waals surface area (Å²) < 4.78 is 6.19. The summed E-state index contributed by atoms with van der Waals surface area (Å²) in [6.07, 6.45) is 1.83. The second kappa shape index (κ2) is 9.47. The van der Waals surface area contributed by atoms with E-state index in [9.17, 15) is 0 Å². The molecule has 0 heterocycles. The zero-order valence-electron chi connectivity index (χ0n) is 22.7. The predicted octanol–water partition coefficient (Wildman–Crippen LogP) is 8.58. The van der Waals surface area contributed by atoms with E-state index in [1.807, 2.05) is 36.4 Å². The van der Waals surface area contributed by atoms with Crippen molar-refractivity contribution >= 4 is 19.4 Å². The van der Waals surface area contributed by atoms with E-state index in [0.717, 1.165) is 22.5 Å². The molecule has 0 N–H and O–H groups in total. The topological polar surface area (TPSA) is 9.23 Å². The van der Waals surface area contributed by atoms with Crippen LogP contribution in [0.5, 0.6) is 11.5 Å². The first kappa shape index (κ1) is 25.0. The van der Waals surface area contributed by atoms with Gasteiger partial charge in [-0.2, -0.15) is 0 Å². The fourth-order valence-corrected chi connectivity index (χ4v) is 5.89. The number of benzene rings is 5. The first-order chi connectivity index (χ1) is 18.8. The highest BCUT2D eigenvalue weighted by atomic mass is 16.5. The van der Waals surface area contributed by atoms with Gasteiger partial charge in [-0.05, 0) is 74.2 Å². The fourth-order valence-electron chi connectivity index (χ4n) is 5.89. The molecule has 0 bridgehead atoms. The van der Waals surface area contributed by atoms with Crippen LogP contribution in [-0.4, -0.2) is 7.85 Å². The van der Waals surface area contributed by atoms with Crippen molar-refractivity contribution in [1.29, 1.82) is 0 Å². The van der Waals surface area contributed by atoms with Gasteiger partial charge in [-0.3, -0.25) is 0 Å². The third-order valence-electron chi connectivity index (χ3n) is 7.89. The van der Waals surface area contributed by atoms with Crippen LogP contribution in [0, 0.1) is 0 Å². The van der Waals surface area contributed by atoms with E-state index < -0.39 is 5.41 Å². The number of fused-ring (bicyclic) bond motifs is 3. The summed E-state index contributed by atoms with van der Waals surface area (Å²) in [5.41, 5.74) is 10.1. The Labute approximate surface area is 233 Å². The van der Waals surface area contributed by atoms with Crippen LogP contribution in [0.25, 0.3) is 17.2 Å². The maximum Gasteiger partial charge on any atom is 0.127 e. The maximum absolute atomic E-state index is 6.43. The van der Waals surface area contributed by atoms with Gasteiger partial charge in [-0.15, -0.1) is 0 Å². The highest BCUT2D eigenvalue weighted by Gasteiger charge is 2.46. The van der Waals surface area contributed by atoms with Crippen molar-refractivity contribution in [3.8, 4) is 22.6 Å². The first-order valence-corrected chi connectivity index (χ1v) is 13.4. The molecule has 0 saturated carbocycles. The molecule has 5 aromatic carbocycles. The van der Waals surface area contributed by atoms with Gasteiger partial charge in [0.15, 0.2) is 0 Å². The van der Waals surface area contributed by atoms with Crippen LogP contribution in [0.3, 0.4) is 0 Å². The standard InChI is InChI=1S/C37H31BO/c1-5-25-10-19-30(20-11-25)39-31-21-16-28(17-22-31)37(27-14-12-26(13-15-27)36(2,3)4)34-9-7-6-8-32(34)33-23-18-29(38)24-35(33)37/h5-24H,1H2,2-4H3. The molecule has 6 rings (SSSR count). The summed E-state index contributed by atoms with van der Waals surface area (Å²) in [6, 6.07) is 40.6. The van der Waals surface area contributed by atoms with Crippen LogP contribution in [-0.2, 0) is 10.8 Å². The average Bonchev–Trinajstić information content (AvgIpc) is 3.24. The molecule has 188 valence electrons. The van der Waals surface area contributed by atoms with Crippen molar-refractivity contribution in [1.82, 2.24) is 0 Å². The molecule has 0 saturated heterocycles. The van der Waals surface area contributed by atoms with E-state index in [0.29, 0.717) is 0 Å². The minimum Gasteiger partial charge on any atom is -0.457 e. The number of hydrogen-bond acceptors (Lipinski definition) is 1. The quantitative estimate of drug-likeness (QED) is 0.215. The largest absolute Gasteiger partial charge is 0.457 e. The van der Waals surface area contributed by atoms with Crippen LogP contribution in [0.15, 0.2) is 122 Å². The zero-order valence-corrected chi connectivity index (χ0v) is 22.7. The molecule has 1 aliphatic carbocycles. The molecule has 39 heavy (non-hydrogen) atoms. The predicted molar refractivity (Wildman–Crippen MR) is 164 cm³/mol. The molecule has 0 aliphatic heterocycles. The number of rotatable bonds is 5. The molecule has 2 heteroatoms. The molecular formula is C37H31BO. The number of hydrogen-bond donors (Lipinski definition) is 0. The smallest absolute Gasteiger partial charge is 0.127 e. The summed E-state index contributed by atoms with van der Waals surface area (Å²) in [4.78, 5) is 0. The van der Waals surface area contributed by atoms with Crippen molar-refractivity contribution < 1.29 is 4.74 Å². The van der Waals surface area contributed by atoms with Gasteiger partial charge < -0.3 is 4.74 Å². The highest BCUT2D eigenvalue weighted by molar-refractivity contribution is 6.32. The van der Waals surface area contributed by atoms with E-state index in [-0.39, 0.29) is 5.41 Å². The lowest BCUT2D eigenvalue weighted by molar-refractivity contribution is 0.482. The Morgan fingerprint density at radius 1 is 0.667 bits per heavy atom. The summed E-state index contributed by atoms with van der Waals surface area (Å²) in [7, 11) is 6.43. The molecule has 2 radical (unpaired) electrons. The third-order valence-corrected chi connectivity index (χ3v) is 7.89. The van der Waals surface area contributed by atoms with Crippen molar-refractivity contribution in [2.75, 3.05) is 0 Å². The van der Waals surface area contributed by atoms with Gasteiger partial charge in [0.25, 0.3) is 0 Å². The molecule has 5 aromatic rings. The summed E-state index contributed by atoms with van der Waals surface area (Å²) >= 11 is 0. The Hall–Kier alpha value is -4.30. The average molecular weight is 502 g/mol. The molecule has 0 fully saturated rings. The molecule has 0 spiro atoms. The van der Waals surface area contributed by atoms with Gasteiger partial charge in [0.1, 0.15) is 19.3 Å². The van der Waals surface area contributed by atoms with Crippen molar-refractivity contribution in [2.45, 2.75) is 31.6 Å². The molecule has 1 atom stereocenters. The van der Waals surface area contributed by atoms with Crippen LogP contribution in [0.2, 0.25) is 0 Å². The Kier molecular flexibility index (Phi) is 6.07. The summed E-state index contributed by atoms with van der Waals surface area (Å²) in [5, 5.41) is 0. The van der Waals surface area contributed by atoms with Gasteiger partial charge in [0.2, 0.25) is 0 Å². The second-order valence-corrected chi connectivity index (χ2v) is 11.3. The molecule has 0 aromatic heterocycles. The van der Waals surface area contributed by atoms with E-state index in [4.69, 9.17) is 12.6 Å². The van der Waals surface area contributed by atoms with Gasteiger partial charge in [0.05, 0.1) is 5.41 Å².